The van der Waals surface area contributed by atoms with E-state index in [1.807, 2.05) is 0 Å². The summed E-state index contributed by atoms with van der Waals surface area (Å²) in [5, 5.41) is 0. The summed E-state index contributed by atoms with van der Waals surface area (Å²) in [4.78, 5) is 15.8. The van der Waals surface area contributed by atoms with Gasteiger partial charge in [0.2, 0.25) is 0 Å². The largest absolute Gasteiger partial charge is 0.490 e. The molecule has 8 heteroatoms. The first-order valence-electron chi connectivity index (χ1n) is 7.21. The summed E-state index contributed by atoms with van der Waals surface area (Å²) in [7, 11) is 0. The van der Waals surface area contributed by atoms with Crippen LogP contribution in [0.15, 0.2) is 47.2 Å². The van der Waals surface area contributed by atoms with E-state index in [1.165, 1.54) is 30.4 Å². The lowest BCUT2D eigenvalue weighted by Crippen LogP contribution is -2.05. The molecule has 132 valence electrons. The van der Waals surface area contributed by atoms with Crippen LogP contribution < -0.4 is 14.2 Å². The van der Waals surface area contributed by atoms with Gasteiger partial charge in [-0.05, 0) is 58.8 Å². The van der Waals surface area contributed by atoms with E-state index in [-0.39, 0.29) is 23.9 Å². The molecule has 2 aromatic rings. The highest BCUT2D eigenvalue weighted by Crippen LogP contribution is 2.30. The average molecular weight is 414 g/mol. The smallest absolute Gasteiger partial charge is 0.387 e. The molecule has 0 spiro atoms. The normalized spacial score (nSPS) is 10.9. The summed E-state index contributed by atoms with van der Waals surface area (Å²) >= 11 is 3.17. The summed E-state index contributed by atoms with van der Waals surface area (Å²) in [5.74, 6) is -0.239. The topological polar surface area (TPSA) is 57.7 Å². The van der Waals surface area contributed by atoms with E-state index in [0.29, 0.717) is 10.2 Å². The molecule has 5 nitrogen and oxygen atoms in total. The van der Waals surface area contributed by atoms with Crippen molar-refractivity contribution in [2.24, 2.45) is 0 Å². The van der Waals surface area contributed by atoms with E-state index in [0.717, 1.165) is 0 Å². The molecule has 0 aliphatic rings. The Labute approximate surface area is 151 Å². The maximum atomic E-state index is 12.4. The fourth-order valence-electron chi connectivity index (χ4n) is 1.84. The number of ether oxygens (including phenoxy) is 3. The first-order chi connectivity index (χ1) is 12.0. The Balaban J connectivity index is 2.10. The van der Waals surface area contributed by atoms with E-state index in [9.17, 15) is 13.6 Å². The number of carbonyl (C=O) groups is 1. The van der Waals surface area contributed by atoms with Gasteiger partial charge in [0.05, 0.1) is 6.61 Å². The lowest BCUT2D eigenvalue weighted by molar-refractivity contribution is -0.128. The Morgan fingerprint density at radius 1 is 1.28 bits per heavy atom. The molecule has 0 fully saturated rings. The van der Waals surface area contributed by atoms with Gasteiger partial charge in [0.25, 0.3) is 0 Å². The van der Waals surface area contributed by atoms with Crippen molar-refractivity contribution in [1.29, 1.82) is 0 Å². The van der Waals surface area contributed by atoms with Gasteiger partial charge < -0.3 is 14.2 Å². The number of aromatic nitrogens is 1. The van der Waals surface area contributed by atoms with Gasteiger partial charge in [0.15, 0.2) is 17.2 Å². The highest BCUT2D eigenvalue weighted by Gasteiger charge is 2.11. The van der Waals surface area contributed by atoms with Crippen LogP contribution in [-0.2, 0) is 4.79 Å². The summed E-state index contributed by atoms with van der Waals surface area (Å²) in [6, 6.07) is 7.58. The summed E-state index contributed by atoms with van der Waals surface area (Å²) in [5.41, 5.74) is 0.562. The quantitative estimate of drug-likeness (QED) is 0.380. The zero-order valence-electron chi connectivity index (χ0n) is 13.1. The van der Waals surface area contributed by atoms with Crippen LogP contribution in [0.1, 0.15) is 12.5 Å². The molecule has 0 aliphatic carbocycles. The van der Waals surface area contributed by atoms with Crippen molar-refractivity contribution >= 4 is 28.0 Å². The first-order valence-corrected chi connectivity index (χ1v) is 8.01. The Hall–Kier alpha value is -2.48. The molecule has 0 radical (unpaired) electrons. The molecular weight excluding hydrogens is 400 g/mol. The third-order valence-corrected chi connectivity index (χ3v) is 3.43. The number of pyridine rings is 1. The third-order valence-electron chi connectivity index (χ3n) is 2.83. The van der Waals surface area contributed by atoms with E-state index < -0.39 is 12.6 Å². The maximum absolute atomic E-state index is 12.4. The Kier molecular flexibility index (Phi) is 6.88. The molecular formula is C17H14BrF2NO4. The number of benzene rings is 1. The molecule has 2 rings (SSSR count). The van der Waals surface area contributed by atoms with Gasteiger partial charge >= 0.3 is 12.6 Å². The van der Waals surface area contributed by atoms with Crippen LogP contribution in [0.2, 0.25) is 0 Å². The standard InChI is InChI=1S/C17H14BrF2NO4/c1-2-23-14-10-11(5-7-12(14)25-17(19)20)6-8-15(22)24-13-4-3-9-21-16(13)18/h3-10,17H,2H2,1H3/b8-6+. The second kappa shape index (κ2) is 9.12. The van der Waals surface area contributed by atoms with Gasteiger partial charge in [-0.25, -0.2) is 9.78 Å². The SMILES string of the molecule is CCOc1cc(/C=C/C(=O)Oc2cccnc2Br)ccc1OC(F)F. The lowest BCUT2D eigenvalue weighted by atomic mass is 10.2. The van der Waals surface area contributed by atoms with Gasteiger partial charge in [-0.1, -0.05) is 6.07 Å². The van der Waals surface area contributed by atoms with Crippen molar-refractivity contribution in [3.63, 3.8) is 0 Å². The summed E-state index contributed by atoms with van der Waals surface area (Å²) in [6.07, 6.45) is 4.23. The van der Waals surface area contributed by atoms with E-state index in [4.69, 9.17) is 9.47 Å². The van der Waals surface area contributed by atoms with Crippen LogP contribution >= 0.6 is 15.9 Å². The number of alkyl halides is 2. The summed E-state index contributed by atoms with van der Waals surface area (Å²) in [6.45, 7) is -0.949. The highest BCUT2D eigenvalue weighted by atomic mass is 79.9. The number of hydrogen-bond acceptors (Lipinski definition) is 5. The number of nitrogens with zero attached hydrogens (tertiary/aromatic N) is 1. The minimum atomic E-state index is -2.95. The zero-order valence-corrected chi connectivity index (χ0v) is 14.7. The number of hydrogen-bond donors (Lipinski definition) is 0. The Bertz CT molecular complexity index is 768. The van der Waals surface area contributed by atoms with Crippen molar-refractivity contribution in [2.75, 3.05) is 6.61 Å². The highest BCUT2D eigenvalue weighted by molar-refractivity contribution is 9.10. The van der Waals surface area contributed by atoms with Crippen LogP contribution in [0.3, 0.4) is 0 Å². The number of halogens is 3. The molecule has 25 heavy (non-hydrogen) atoms. The molecule has 1 heterocycles. The second-order valence-corrected chi connectivity index (χ2v) is 5.32. The van der Waals surface area contributed by atoms with Crippen LogP contribution in [0.25, 0.3) is 6.08 Å². The van der Waals surface area contributed by atoms with Crippen molar-refractivity contribution in [3.05, 3.63) is 52.8 Å². The van der Waals surface area contributed by atoms with Gasteiger partial charge in [-0.3, -0.25) is 0 Å². The lowest BCUT2D eigenvalue weighted by Gasteiger charge is -2.11. The average Bonchev–Trinajstić information content (AvgIpc) is 2.57. The van der Waals surface area contributed by atoms with Crippen molar-refractivity contribution < 1.29 is 27.8 Å². The van der Waals surface area contributed by atoms with Crippen LogP contribution in [0, 0.1) is 0 Å². The zero-order chi connectivity index (χ0) is 18.2. The molecule has 0 N–H and O–H groups in total. The van der Waals surface area contributed by atoms with Gasteiger partial charge in [-0.2, -0.15) is 8.78 Å². The molecule has 0 bridgehead atoms. The van der Waals surface area contributed by atoms with Crippen molar-refractivity contribution in [1.82, 2.24) is 4.98 Å². The van der Waals surface area contributed by atoms with Gasteiger partial charge in [0, 0.05) is 12.3 Å². The minimum Gasteiger partial charge on any atom is -0.490 e. The minimum absolute atomic E-state index is 0.0733. The molecule has 0 saturated carbocycles. The molecule has 1 aromatic heterocycles. The molecule has 0 aliphatic heterocycles. The van der Waals surface area contributed by atoms with Gasteiger partial charge in [-0.15, -0.1) is 0 Å². The van der Waals surface area contributed by atoms with Crippen LogP contribution in [0.4, 0.5) is 8.78 Å². The van der Waals surface area contributed by atoms with E-state index in [1.54, 1.807) is 25.3 Å². The number of esters is 1. The van der Waals surface area contributed by atoms with Crippen molar-refractivity contribution in [2.45, 2.75) is 13.5 Å². The van der Waals surface area contributed by atoms with Crippen LogP contribution in [-0.4, -0.2) is 24.2 Å². The van der Waals surface area contributed by atoms with Gasteiger partial charge in [0.1, 0.15) is 4.60 Å². The van der Waals surface area contributed by atoms with Crippen molar-refractivity contribution in [3.8, 4) is 17.2 Å². The number of carbonyl (C=O) groups excluding carboxylic acids is 1. The molecule has 0 amide bonds. The van der Waals surface area contributed by atoms with E-state index >= 15 is 0 Å². The first kappa shape index (κ1) is 18.9. The predicted molar refractivity (Wildman–Crippen MR) is 90.8 cm³/mol. The fourth-order valence-corrected chi connectivity index (χ4v) is 2.18. The maximum Gasteiger partial charge on any atom is 0.387 e. The molecule has 0 atom stereocenters. The molecule has 0 saturated heterocycles. The second-order valence-electron chi connectivity index (χ2n) is 4.56. The van der Waals surface area contributed by atoms with Crippen LogP contribution in [0.5, 0.6) is 17.2 Å². The Morgan fingerprint density at radius 2 is 2.08 bits per heavy atom. The monoisotopic (exact) mass is 413 g/mol. The third kappa shape index (κ3) is 5.82. The molecule has 1 aromatic carbocycles. The fraction of sp³-hybridized carbons (Fsp3) is 0.176. The summed E-state index contributed by atoms with van der Waals surface area (Å²) < 4.78 is 39.9. The van der Waals surface area contributed by atoms with E-state index in [2.05, 4.69) is 25.7 Å². The Morgan fingerprint density at radius 3 is 2.76 bits per heavy atom. The molecule has 0 unspecified atom stereocenters. The predicted octanol–water partition coefficient (Wildman–Crippen LogP) is 4.46. The number of rotatable bonds is 7.